The number of alkyl halides is 2. The number of carbonyl (C=O) groups is 1. The summed E-state index contributed by atoms with van der Waals surface area (Å²) in [5.41, 5.74) is 1.80. The molecule has 1 N–H and O–H groups in total. The fourth-order valence-electron chi connectivity index (χ4n) is 3.31. The number of para-hydroxylation sites is 1. The molecule has 2 aromatic carbocycles. The van der Waals surface area contributed by atoms with Gasteiger partial charge in [-0.3, -0.25) is 9.69 Å². The number of nitrogens with one attached hydrogen (secondary N) is 1. The molecule has 26 heavy (non-hydrogen) atoms. The van der Waals surface area contributed by atoms with Crippen LogP contribution in [0, 0.1) is 0 Å². The van der Waals surface area contributed by atoms with E-state index in [0.29, 0.717) is 28.3 Å². The van der Waals surface area contributed by atoms with Gasteiger partial charge in [0.15, 0.2) is 0 Å². The topological polar surface area (TPSA) is 32.3 Å². The van der Waals surface area contributed by atoms with E-state index in [4.69, 9.17) is 0 Å². The molecule has 0 radical (unpaired) electrons. The smallest absolute Gasteiger partial charge is 0.288 e. The van der Waals surface area contributed by atoms with Gasteiger partial charge >= 0.3 is 0 Å². The third kappa shape index (κ3) is 5.29. The molecule has 0 spiro atoms. The Bertz CT molecular complexity index is 719. The Morgan fingerprint density at radius 2 is 1.73 bits per heavy atom. The fourth-order valence-corrected chi connectivity index (χ4v) is 3.91. The lowest BCUT2D eigenvalue weighted by molar-refractivity contribution is -0.117. The lowest BCUT2D eigenvalue weighted by Gasteiger charge is -2.31. The summed E-state index contributed by atoms with van der Waals surface area (Å²) in [6.45, 7) is 2.01. The van der Waals surface area contributed by atoms with Crippen molar-refractivity contribution in [3.05, 3.63) is 60.2 Å². The number of nitrogens with zero attached hydrogens (tertiary/aromatic N) is 1. The van der Waals surface area contributed by atoms with E-state index in [-0.39, 0.29) is 12.5 Å². The molecule has 1 saturated heterocycles. The van der Waals surface area contributed by atoms with Crippen LogP contribution < -0.4 is 5.32 Å². The van der Waals surface area contributed by atoms with Gasteiger partial charge in [0.05, 0.1) is 12.2 Å². The van der Waals surface area contributed by atoms with Crippen LogP contribution in [-0.4, -0.2) is 36.2 Å². The van der Waals surface area contributed by atoms with Crippen molar-refractivity contribution in [3.8, 4) is 0 Å². The van der Waals surface area contributed by atoms with Crippen LogP contribution in [0.3, 0.4) is 0 Å². The molecule has 3 nitrogen and oxygen atoms in total. The van der Waals surface area contributed by atoms with Crippen LogP contribution in [0.1, 0.15) is 24.3 Å². The zero-order chi connectivity index (χ0) is 18.4. The summed E-state index contributed by atoms with van der Waals surface area (Å²) in [5, 5.41) is 2.77. The van der Waals surface area contributed by atoms with E-state index in [1.54, 1.807) is 24.3 Å². The summed E-state index contributed by atoms with van der Waals surface area (Å²) in [4.78, 5) is 14.8. The first-order valence-corrected chi connectivity index (χ1v) is 9.61. The SMILES string of the molecule is O=C(CN1CCC(c2ccccc2)CC1)Nc1ccccc1SC(F)F. The quantitative estimate of drug-likeness (QED) is 0.734. The Morgan fingerprint density at radius 3 is 2.42 bits per heavy atom. The van der Waals surface area contributed by atoms with Gasteiger partial charge in [0.25, 0.3) is 5.76 Å². The monoisotopic (exact) mass is 376 g/mol. The zero-order valence-electron chi connectivity index (χ0n) is 14.4. The number of anilines is 1. The first-order chi connectivity index (χ1) is 12.6. The van der Waals surface area contributed by atoms with Crippen LogP contribution in [0.25, 0.3) is 0 Å². The van der Waals surface area contributed by atoms with E-state index in [1.807, 2.05) is 6.07 Å². The average Bonchev–Trinajstić information content (AvgIpc) is 2.64. The van der Waals surface area contributed by atoms with E-state index in [9.17, 15) is 13.6 Å². The van der Waals surface area contributed by atoms with Crippen LogP contribution in [0.2, 0.25) is 0 Å². The third-order valence-corrected chi connectivity index (χ3v) is 5.39. The van der Waals surface area contributed by atoms with E-state index in [0.717, 1.165) is 25.9 Å². The maximum absolute atomic E-state index is 12.6. The summed E-state index contributed by atoms with van der Waals surface area (Å²) < 4.78 is 25.3. The average molecular weight is 376 g/mol. The van der Waals surface area contributed by atoms with Crippen molar-refractivity contribution >= 4 is 23.4 Å². The molecule has 6 heteroatoms. The molecular weight excluding hydrogens is 354 g/mol. The minimum Gasteiger partial charge on any atom is -0.324 e. The molecule has 0 aliphatic carbocycles. The van der Waals surface area contributed by atoms with Crippen molar-refractivity contribution in [1.82, 2.24) is 4.90 Å². The number of piperidine rings is 1. The van der Waals surface area contributed by atoms with Crippen LogP contribution >= 0.6 is 11.8 Å². The second kappa shape index (κ2) is 9.14. The van der Waals surface area contributed by atoms with Crippen LogP contribution in [0.4, 0.5) is 14.5 Å². The zero-order valence-corrected chi connectivity index (χ0v) is 15.2. The second-order valence-corrected chi connectivity index (χ2v) is 7.42. The first kappa shape index (κ1) is 18.9. The van der Waals surface area contributed by atoms with Gasteiger partial charge in [0.2, 0.25) is 5.91 Å². The van der Waals surface area contributed by atoms with Crippen molar-refractivity contribution < 1.29 is 13.6 Å². The Kier molecular flexibility index (Phi) is 6.63. The number of thioether (sulfide) groups is 1. The van der Waals surface area contributed by atoms with Crippen molar-refractivity contribution in [2.75, 3.05) is 25.0 Å². The van der Waals surface area contributed by atoms with Gasteiger partial charge in [-0.05, 0) is 49.5 Å². The number of halogens is 2. The summed E-state index contributed by atoms with van der Waals surface area (Å²) in [6, 6.07) is 17.1. The second-order valence-electron chi connectivity index (χ2n) is 6.38. The molecule has 0 atom stereocenters. The van der Waals surface area contributed by atoms with Gasteiger partial charge in [0, 0.05) is 4.90 Å². The number of benzene rings is 2. The maximum Gasteiger partial charge on any atom is 0.288 e. The highest BCUT2D eigenvalue weighted by Crippen LogP contribution is 2.32. The number of likely N-dealkylation sites (tertiary alicyclic amines) is 1. The lowest BCUT2D eigenvalue weighted by atomic mass is 9.89. The Hall–Kier alpha value is -1.92. The van der Waals surface area contributed by atoms with E-state index < -0.39 is 5.76 Å². The first-order valence-electron chi connectivity index (χ1n) is 8.73. The van der Waals surface area contributed by atoms with Gasteiger partial charge in [-0.1, -0.05) is 54.2 Å². The summed E-state index contributed by atoms with van der Waals surface area (Å²) in [7, 11) is 0. The van der Waals surface area contributed by atoms with E-state index in [2.05, 4.69) is 34.5 Å². The van der Waals surface area contributed by atoms with Crippen LogP contribution in [-0.2, 0) is 4.79 Å². The predicted molar refractivity (Wildman–Crippen MR) is 102 cm³/mol. The van der Waals surface area contributed by atoms with Crippen LogP contribution in [0.15, 0.2) is 59.5 Å². The molecular formula is C20H22F2N2OS. The number of rotatable bonds is 6. The maximum atomic E-state index is 12.6. The van der Waals surface area contributed by atoms with E-state index >= 15 is 0 Å². The minimum absolute atomic E-state index is 0.162. The standard InChI is InChI=1S/C20H22F2N2OS/c21-20(22)26-18-9-5-4-8-17(18)23-19(25)14-24-12-10-16(11-13-24)15-6-2-1-3-7-15/h1-9,16,20H,10-14H2,(H,23,25). The van der Waals surface area contributed by atoms with Crippen molar-refractivity contribution in [2.45, 2.75) is 29.4 Å². The molecule has 1 fully saturated rings. The van der Waals surface area contributed by atoms with Crippen molar-refractivity contribution in [1.29, 1.82) is 0 Å². The number of hydrogen-bond acceptors (Lipinski definition) is 3. The fraction of sp³-hybridized carbons (Fsp3) is 0.350. The van der Waals surface area contributed by atoms with Crippen molar-refractivity contribution in [2.24, 2.45) is 0 Å². The summed E-state index contributed by atoms with van der Waals surface area (Å²) in [5.74, 6) is -2.13. The van der Waals surface area contributed by atoms with Gasteiger partial charge in [0.1, 0.15) is 0 Å². The highest BCUT2D eigenvalue weighted by atomic mass is 32.2. The third-order valence-electron chi connectivity index (χ3n) is 4.60. The van der Waals surface area contributed by atoms with Gasteiger partial charge in [-0.2, -0.15) is 8.78 Å². The van der Waals surface area contributed by atoms with Crippen LogP contribution in [0.5, 0.6) is 0 Å². The molecule has 2 aromatic rings. The Labute approximate surface area is 156 Å². The molecule has 0 aromatic heterocycles. The molecule has 0 saturated carbocycles. The molecule has 0 bridgehead atoms. The molecule has 1 heterocycles. The van der Waals surface area contributed by atoms with Gasteiger partial charge < -0.3 is 5.32 Å². The lowest BCUT2D eigenvalue weighted by Crippen LogP contribution is -2.38. The summed E-state index contributed by atoms with van der Waals surface area (Å²) in [6.07, 6.45) is 2.05. The Balaban J connectivity index is 1.51. The normalized spacial score (nSPS) is 16.0. The number of hydrogen-bond donors (Lipinski definition) is 1. The summed E-state index contributed by atoms with van der Waals surface area (Å²) >= 11 is 0.449. The molecule has 138 valence electrons. The predicted octanol–water partition coefficient (Wildman–Crippen LogP) is 4.82. The van der Waals surface area contributed by atoms with E-state index in [1.165, 1.54) is 5.56 Å². The molecule has 1 amide bonds. The highest BCUT2D eigenvalue weighted by molar-refractivity contribution is 7.99. The molecule has 3 rings (SSSR count). The molecule has 1 aliphatic rings. The molecule has 1 aliphatic heterocycles. The van der Waals surface area contributed by atoms with Crippen molar-refractivity contribution in [3.63, 3.8) is 0 Å². The van der Waals surface area contributed by atoms with Gasteiger partial charge in [-0.25, -0.2) is 0 Å². The largest absolute Gasteiger partial charge is 0.324 e. The Morgan fingerprint density at radius 1 is 1.08 bits per heavy atom. The highest BCUT2D eigenvalue weighted by Gasteiger charge is 2.22. The van der Waals surface area contributed by atoms with Gasteiger partial charge in [-0.15, -0.1) is 0 Å². The number of amides is 1. The number of carbonyl (C=O) groups excluding carboxylic acids is 1. The molecule has 0 unspecified atom stereocenters. The minimum atomic E-state index is -2.51.